The molecular weight excluding hydrogens is 222 g/mol. The molecule has 2 nitrogen and oxygen atoms in total. The molecule has 1 heterocycles. The fraction of sp³-hybridized carbons (Fsp3) is 0.500. The van der Waals surface area contributed by atoms with Crippen molar-refractivity contribution in [1.82, 2.24) is 4.90 Å². The Kier molecular flexibility index (Phi) is 3.37. The molecule has 0 atom stereocenters. The van der Waals surface area contributed by atoms with Gasteiger partial charge in [-0.3, -0.25) is 4.90 Å². The van der Waals surface area contributed by atoms with Crippen molar-refractivity contribution in [2.75, 3.05) is 26.7 Å². The van der Waals surface area contributed by atoms with Crippen LogP contribution in [0.15, 0.2) is 30.3 Å². The minimum atomic E-state index is 0.952. The molecule has 0 spiro atoms. The molecule has 1 aliphatic carbocycles. The van der Waals surface area contributed by atoms with Crippen LogP contribution in [0.5, 0.6) is 5.75 Å². The van der Waals surface area contributed by atoms with Gasteiger partial charge < -0.3 is 4.74 Å². The summed E-state index contributed by atoms with van der Waals surface area (Å²) in [5.41, 5.74) is 2.77. The molecule has 0 radical (unpaired) electrons. The second-order valence-electron chi connectivity index (χ2n) is 5.43. The zero-order valence-electron chi connectivity index (χ0n) is 11.1. The lowest BCUT2D eigenvalue weighted by molar-refractivity contribution is 0.292. The Morgan fingerprint density at radius 2 is 2.22 bits per heavy atom. The second-order valence-corrected chi connectivity index (χ2v) is 5.43. The van der Waals surface area contributed by atoms with Crippen LogP contribution in [0.4, 0.5) is 0 Å². The molecule has 96 valence electrons. The van der Waals surface area contributed by atoms with Crippen LogP contribution in [0, 0.1) is 5.92 Å². The third-order valence-corrected chi connectivity index (χ3v) is 3.88. The van der Waals surface area contributed by atoms with E-state index in [0.29, 0.717) is 0 Å². The predicted octanol–water partition coefficient (Wildman–Crippen LogP) is 3.19. The minimum Gasteiger partial charge on any atom is -0.497 e. The quantitative estimate of drug-likeness (QED) is 0.805. The first-order chi connectivity index (χ1) is 8.85. The Bertz CT molecular complexity index is 448. The first-order valence-corrected chi connectivity index (χ1v) is 6.91. The van der Waals surface area contributed by atoms with E-state index in [4.69, 9.17) is 4.74 Å². The molecule has 2 heteroatoms. The topological polar surface area (TPSA) is 12.5 Å². The summed E-state index contributed by atoms with van der Waals surface area (Å²) in [6.45, 7) is 3.62. The predicted molar refractivity (Wildman–Crippen MR) is 74.8 cm³/mol. The van der Waals surface area contributed by atoms with Crippen LogP contribution >= 0.6 is 0 Å². The van der Waals surface area contributed by atoms with E-state index in [0.717, 1.165) is 18.2 Å². The van der Waals surface area contributed by atoms with E-state index in [9.17, 15) is 0 Å². The molecule has 1 aromatic carbocycles. The highest BCUT2D eigenvalue weighted by Crippen LogP contribution is 2.31. The lowest BCUT2D eigenvalue weighted by Crippen LogP contribution is -2.31. The van der Waals surface area contributed by atoms with Crippen molar-refractivity contribution in [1.29, 1.82) is 0 Å². The molecule has 0 saturated heterocycles. The maximum atomic E-state index is 5.31. The van der Waals surface area contributed by atoms with E-state index in [2.05, 4.69) is 29.2 Å². The van der Waals surface area contributed by atoms with Gasteiger partial charge in [0.1, 0.15) is 5.75 Å². The van der Waals surface area contributed by atoms with Crippen molar-refractivity contribution in [2.24, 2.45) is 5.92 Å². The zero-order valence-corrected chi connectivity index (χ0v) is 11.1. The van der Waals surface area contributed by atoms with Gasteiger partial charge in [0.25, 0.3) is 0 Å². The van der Waals surface area contributed by atoms with Gasteiger partial charge in [-0.05, 0) is 48.4 Å². The van der Waals surface area contributed by atoms with Crippen LogP contribution in [0.2, 0.25) is 0 Å². The number of benzene rings is 1. The average Bonchev–Trinajstić information content (AvgIpc) is 3.23. The van der Waals surface area contributed by atoms with Crippen molar-refractivity contribution in [2.45, 2.75) is 19.3 Å². The standard InChI is InChI=1S/C16H21NO/c1-18-16-6-2-4-14(10-16)15-5-3-9-17(12-15)11-13-7-8-13/h2,4-6,10,13H,3,7-9,11-12H2,1H3. The van der Waals surface area contributed by atoms with Gasteiger partial charge in [-0.2, -0.15) is 0 Å². The highest BCUT2D eigenvalue weighted by molar-refractivity contribution is 5.68. The monoisotopic (exact) mass is 243 g/mol. The van der Waals surface area contributed by atoms with Crippen LogP contribution in [0.3, 0.4) is 0 Å². The van der Waals surface area contributed by atoms with Gasteiger partial charge in [0, 0.05) is 19.6 Å². The van der Waals surface area contributed by atoms with Gasteiger partial charge in [-0.1, -0.05) is 18.2 Å². The Morgan fingerprint density at radius 1 is 1.33 bits per heavy atom. The van der Waals surface area contributed by atoms with Crippen LogP contribution in [0.1, 0.15) is 24.8 Å². The molecule has 1 fully saturated rings. The summed E-state index contributed by atoms with van der Waals surface area (Å²) in [4.78, 5) is 2.60. The van der Waals surface area contributed by atoms with E-state index < -0.39 is 0 Å². The summed E-state index contributed by atoms with van der Waals surface area (Å²) in [6, 6.07) is 8.42. The number of ether oxygens (including phenoxy) is 1. The first-order valence-electron chi connectivity index (χ1n) is 6.91. The summed E-state index contributed by atoms with van der Waals surface area (Å²) in [6.07, 6.45) is 6.45. The largest absolute Gasteiger partial charge is 0.497 e. The Morgan fingerprint density at radius 3 is 3.00 bits per heavy atom. The highest BCUT2D eigenvalue weighted by atomic mass is 16.5. The summed E-state index contributed by atoms with van der Waals surface area (Å²) in [5.74, 6) is 1.93. The van der Waals surface area contributed by atoms with Crippen molar-refractivity contribution in [3.05, 3.63) is 35.9 Å². The molecule has 1 saturated carbocycles. The lowest BCUT2D eigenvalue weighted by atomic mass is 10.0. The SMILES string of the molecule is COc1cccc(C2=CCCN(CC3CC3)C2)c1. The molecule has 0 amide bonds. The van der Waals surface area contributed by atoms with Gasteiger partial charge in [-0.15, -0.1) is 0 Å². The molecular formula is C16H21NO. The molecule has 0 N–H and O–H groups in total. The zero-order chi connectivity index (χ0) is 12.4. The summed E-state index contributed by atoms with van der Waals surface area (Å²) in [7, 11) is 1.73. The smallest absolute Gasteiger partial charge is 0.119 e. The lowest BCUT2D eigenvalue weighted by Gasteiger charge is -2.27. The Hall–Kier alpha value is -1.28. The van der Waals surface area contributed by atoms with Crippen LogP contribution in [0.25, 0.3) is 5.57 Å². The van der Waals surface area contributed by atoms with Gasteiger partial charge in [0.2, 0.25) is 0 Å². The Balaban J connectivity index is 1.71. The van der Waals surface area contributed by atoms with Gasteiger partial charge in [0.15, 0.2) is 0 Å². The first kappa shape index (κ1) is 11.8. The maximum absolute atomic E-state index is 5.31. The molecule has 1 aliphatic heterocycles. The average molecular weight is 243 g/mol. The number of nitrogens with zero attached hydrogens (tertiary/aromatic N) is 1. The second kappa shape index (κ2) is 5.15. The number of hydrogen-bond donors (Lipinski definition) is 0. The Labute approximate surface area is 109 Å². The molecule has 2 aliphatic rings. The third kappa shape index (κ3) is 2.75. The summed E-state index contributed by atoms with van der Waals surface area (Å²) in [5, 5.41) is 0. The number of rotatable bonds is 4. The van der Waals surface area contributed by atoms with Crippen molar-refractivity contribution < 1.29 is 4.74 Å². The maximum Gasteiger partial charge on any atom is 0.119 e. The van der Waals surface area contributed by atoms with E-state index >= 15 is 0 Å². The van der Waals surface area contributed by atoms with Crippen LogP contribution in [-0.2, 0) is 0 Å². The molecule has 0 unspecified atom stereocenters. The highest BCUT2D eigenvalue weighted by Gasteiger charge is 2.25. The van der Waals surface area contributed by atoms with Gasteiger partial charge in [0.05, 0.1) is 7.11 Å². The van der Waals surface area contributed by atoms with E-state index in [1.807, 2.05) is 6.07 Å². The molecule has 3 rings (SSSR count). The van der Waals surface area contributed by atoms with Gasteiger partial charge >= 0.3 is 0 Å². The van der Waals surface area contributed by atoms with E-state index in [1.54, 1.807) is 7.11 Å². The fourth-order valence-electron chi connectivity index (χ4n) is 2.66. The summed E-state index contributed by atoms with van der Waals surface area (Å²) >= 11 is 0. The van der Waals surface area contributed by atoms with Crippen LogP contribution < -0.4 is 4.74 Å². The normalized spacial score (nSPS) is 20.6. The molecule has 18 heavy (non-hydrogen) atoms. The molecule has 0 bridgehead atoms. The van der Waals surface area contributed by atoms with Crippen molar-refractivity contribution >= 4 is 5.57 Å². The van der Waals surface area contributed by atoms with Gasteiger partial charge in [-0.25, -0.2) is 0 Å². The number of hydrogen-bond acceptors (Lipinski definition) is 2. The van der Waals surface area contributed by atoms with Crippen molar-refractivity contribution in [3.8, 4) is 5.75 Å². The van der Waals surface area contributed by atoms with E-state index in [-0.39, 0.29) is 0 Å². The fourth-order valence-corrected chi connectivity index (χ4v) is 2.66. The van der Waals surface area contributed by atoms with Crippen molar-refractivity contribution in [3.63, 3.8) is 0 Å². The molecule has 0 aromatic heterocycles. The third-order valence-electron chi connectivity index (χ3n) is 3.88. The van der Waals surface area contributed by atoms with Crippen LogP contribution in [-0.4, -0.2) is 31.6 Å². The summed E-state index contributed by atoms with van der Waals surface area (Å²) < 4.78 is 5.31. The minimum absolute atomic E-state index is 0.952. The number of methoxy groups -OCH3 is 1. The molecule has 1 aromatic rings. The van der Waals surface area contributed by atoms with E-state index in [1.165, 1.54) is 43.5 Å².